The van der Waals surface area contributed by atoms with Crippen LogP contribution in [0.25, 0.3) is 0 Å². The van der Waals surface area contributed by atoms with Gasteiger partial charge in [-0.05, 0) is 68.8 Å². The van der Waals surface area contributed by atoms with Crippen molar-refractivity contribution in [3.05, 3.63) is 53.1 Å². The minimum atomic E-state index is -0.449. The standard InChI is InChI=1S/C17H17ClO3/c1-11-10-14(18)4-9-17(11)21-16-7-5-15(6-8-16)20-13(3)12(2)19/h4-10,13H,1-3H3. The van der Waals surface area contributed by atoms with Crippen LogP contribution in [0.5, 0.6) is 17.2 Å². The Bertz CT molecular complexity index is 635. The first-order valence-corrected chi connectivity index (χ1v) is 7.04. The first kappa shape index (κ1) is 15.4. The van der Waals surface area contributed by atoms with Crippen LogP contribution in [0.15, 0.2) is 42.5 Å². The lowest BCUT2D eigenvalue weighted by molar-refractivity contribution is -0.122. The van der Waals surface area contributed by atoms with Gasteiger partial charge in [0.1, 0.15) is 17.2 Å². The van der Waals surface area contributed by atoms with E-state index in [0.717, 1.165) is 11.3 Å². The van der Waals surface area contributed by atoms with Crippen molar-refractivity contribution >= 4 is 17.4 Å². The Morgan fingerprint density at radius 3 is 2.29 bits per heavy atom. The van der Waals surface area contributed by atoms with E-state index in [4.69, 9.17) is 21.1 Å². The number of halogens is 1. The van der Waals surface area contributed by atoms with E-state index in [-0.39, 0.29) is 5.78 Å². The number of Topliss-reactive ketones (excluding diaryl/α,β-unsaturated/α-hetero) is 1. The number of carbonyl (C=O) groups excluding carboxylic acids is 1. The van der Waals surface area contributed by atoms with Gasteiger partial charge in [-0.15, -0.1) is 0 Å². The molecular weight excluding hydrogens is 288 g/mol. The van der Waals surface area contributed by atoms with E-state index in [1.807, 2.05) is 19.1 Å². The lowest BCUT2D eigenvalue weighted by Crippen LogP contribution is -2.20. The number of carbonyl (C=O) groups is 1. The van der Waals surface area contributed by atoms with Gasteiger partial charge >= 0.3 is 0 Å². The highest BCUT2D eigenvalue weighted by atomic mass is 35.5. The minimum Gasteiger partial charge on any atom is -0.483 e. The predicted molar refractivity (Wildman–Crippen MR) is 83.5 cm³/mol. The van der Waals surface area contributed by atoms with Gasteiger partial charge in [0.05, 0.1) is 0 Å². The largest absolute Gasteiger partial charge is 0.483 e. The van der Waals surface area contributed by atoms with Crippen molar-refractivity contribution in [2.75, 3.05) is 0 Å². The molecule has 2 rings (SSSR count). The van der Waals surface area contributed by atoms with E-state index in [0.29, 0.717) is 16.5 Å². The van der Waals surface area contributed by atoms with Crippen LogP contribution in [-0.2, 0) is 4.79 Å². The van der Waals surface area contributed by atoms with Gasteiger partial charge in [-0.3, -0.25) is 4.79 Å². The molecule has 0 saturated heterocycles. The summed E-state index contributed by atoms with van der Waals surface area (Å²) in [6.07, 6.45) is -0.449. The van der Waals surface area contributed by atoms with Gasteiger partial charge in [-0.1, -0.05) is 11.6 Å². The Morgan fingerprint density at radius 2 is 1.71 bits per heavy atom. The van der Waals surface area contributed by atoms with Gasteiger partial charge in [0.15, 0.2) is 11.9 Å². The lowest BCUT2D eigenvalue weighted by Gasteiger charge is -2.13. The third kappa shape index (κ3) is 4.23. The number of rotatable bonds is 5. The molecule has 0 N–H and O–H groups in total. The SMILES string of the molecule is CC(=O)C(C)Oc1ccc(Oc2ccc(Cl)cc2C)cc1. The fourth-order valence-electron chi connectivity index (χ4n) is 1.73. The van der Waals surface area contributed by atoms with Crippen LogP contribution in [0.4, 0.5) is 0 Å². The number of aryl methyl sites for hydroxylation is 1. The van der Waals surface area contributed by atoms with Crippen molar-refractivity contribution in [3.8, 4) is 17.2 Å². The second-order valence-corrected chi connectivity index (χ2v) is 5.29. The van der Waals surface area contributed by atoms with Crippen molar-refractivity contribution in [1.82, 2.24) is 0 Å². The molecule has 0 aliphatic carbocycles. The summed E-state index contributed by atoms with van der Waals surface area (Å²) in [7, 11) is 0. The van der Waals surface area contributed by atoms with Gasteiger partial charge < -0.3 is 9.47 Å². The molecule has 0 bridgehead atoms. The lowest BCUT2D eigenvalue weighted by atomic mass is 10.2. The van der Waals surface area contributed by atoms with Crippen molar-refractivity contribution in [1.29, 1.82) is 0 Å². The molecule has 0 saturated carbocycles. The molecule has 4 heteroatoms. The molecule has 0 heterocycles. The van der Waals surface area contributed by atoms with E-state index in [1.54, 1.807) is 37.3 Å². The summed E-state index contributed by atoms with van der Waals surface area (Å²) in [6, 6.07) is 12.6. The average Bonchev–Trinajstić information content (AvgIpc) is 2.43. The minimum absolute atomic E-state index is 0.00730. The molecule has 0 radical (unpaired) electrons. The highest BCUT2D eigenvalue weighted by Gasteiger charge is 2.09. The summed E-state index contributed by atoms with van der Waals surface area (Å²) in [5, 5.41) is 0.682. The maximum Gasteiger partial charge on any atom is 0.169 e. The van der Waals surface area contributed by atoms with E-state index < -0.39 is 6.10 Å². The van der Waals surface area contributed by atoms with Crippen LogP contribution in [0.1, 0.15) is 19.4 Å². The third-order valence-corrected chi connectivity index (χ3v) is 3.31. The maximum absolute atomic E-state index is 11.2. The van der Waals surface area contributed by atoms with Gasteiger partial charge in [-0.2, -0.15) is 0 Å². The van der Waals surface area contributed by atoms with Crippen molar-refractivity contribution in [2.45, 2.75) is 26.9 Å². The van der Waals surface area contributed by atoms with Gasteiger partial charge in [0.2, 0.25) is 0 Å². The second kappa shape index (κ2) is 6.64. The Hall–Kier alpha value is -2.00. The molecule has 1 unspecified atom stereocenters. The van der Waals surface area contributed by atoms with E-state index in [2.05, 4.69) is 0 Å². The first-order chi connectivity index (χ1) is 9.95. The molecule has 21 heavy (non-hydrogen) atoms. The highest BCUT2D eigenvalue weighted by molar-refractivity contribution is 6.30. The third-order valence-electron chi connectivity index (χ3n) is 3.07. The van der Waals surface area contributed by atoms with Crippen LogP contribution in [0, 0.1) is 6.92 Å². The van der Waals surface area contributed by atoms with Crippen molar-refractivity contribution < 1.29 is 14.3 Å². The van der Waals surface area contributed by atoms with Crippen LogP contribution < -0.4 is 9.47 Å². The number of ketones is 1. The normalized spacial score (nSPS) is 11.8. The smallest absolute Gasteiger partial charge is 0.169 e. The Balaban J connectivity index is 2.07. The van der Waals surface area contributed by atoms with Crippen molar-refractivity contribution in [2.24, 2.45) is 0 Å². The summed E-state index contributed by atoms with van der Waals surface area (Å²) >= 11 is 5.92. The molecule has 110 valence electrons. The summed E-state index contributed by atoms with van der Waals surface area (Å²) in [5.74, 6) is 2.08. The Kier molecular flexibility index (Phi) is 4.86. The number of ether oxygens (including phenoxy) is 2. The summed E-state index contributed by atoms with van der Waals surface area (Å²) < 4.78 is 11.3. The summed E-state index contributed by atoms with van der Waals surface area (Å²) in [5.41, 5.74) is 0.966. The second-order valence-electron chi connectivity index (χ2n) is 4.85. The zero-order valence-corrected chi connectivity index (χ0v) is 13.0. The Morgan fingerprint density at radius 1 is 1.10 bits per heavy atom. The summed E-state index contributed by atoms with van der Waals surface area (Å²) in [4.78, 5) is 11.2. The molecule has 0 aromatic heterocycles. The van der Waals surface area contributed by atoms with Crippen molar-refractivity contribution in [3.63, 3.8) is 0 Å². The fourth-order valence-corrected chi connectivity index (χ4v) is 1.95. The molecule has 0 amide bonds. The molecule has 1 atom stereocenters. The molecule has 0 aliphatic heterocycles. The molecule has 0 aliphatic rings. The molecule has 0 spiro atoms. The molecule has 2 aromatic carbocycles. The molecule has 3 nitrogen and oxygen atoms in total. The number of hydrogen-bond acceptors (Lipinski definition) is 3. The van der Waals surface area contributed by atoms with Gasteiger partial charge in [-0.25, -0.2) is 0 Å². The topological polar surface area (TPSA) is 35.5 Å². The van der Waals surface area contributed by atoms with E-state index in [9.17, 15) is 4.79 Å². The molecular formula is C17H17ClO3. The van der Waals surface area contributed by atoms with Gasteiger partial charge in [0, 0.05) is 5.02 Å². The monoisotopic (exact) mass is 304 g/mol. The van der Waals surface area contributed by atoms with E-state index in [1.165, 1.54) is 6.92 Å². The van der Waals surface area contributed by atoms with Crippen LogP contribution in [0.3, 0.4) is 0 Å². The van der Waals surface area contributed by atoms with Crippen LogP contribution in [0.2, 0.25) is 5.02 Å². The highest BCUT2D eigenvalue weighted by Crippen LogP contribution is 2.28. The predicted octanol–water partition coefficient (Wildman–Crippen LogP) is 4.80. The summed E-state index contributed by atoms with van der Waals surface area (Å²) in [6.45, 7) is 5.17. The maximum atomic E-state index is 11.2. The Labute approximate surface area is 129 Å². The molecule has 0 fully saturated rings. The molecule has 2 aromatic rings. The number of benzene rings is 2. The zero-order chi connectivity index (χ0) is 15.4. The van der Waals surface area contributed by atoms with Gasteiger partial charge in [0.25, 0.3) is 0 Å². The quantitative estimate of drug-likeness (QED) is 0.796. The first-order valence-electron chi connectivity index (χ1n) is 6.67. The van der Waals surface area contributed by atoms with Crippen LogP contribution >= 0.6 is 11.6 Å². The zero-order valence-electron chi connectivity index (χ0n) is 12.2. The van der Waals surface area contributed by atoms with E-state index >= 15 is 0 Å². The average molecular weight is 305 g/mol. The fraction of sp³-hybridized carbons (Fsp3) is 0.235. The van der Waals surface area contributed by atoms with Crippen LogP contribution in [-0.4, -0.2) is 11.9 Å². The number of hydrogen-bond donors (Lipinski definition) is 0.